The molecule has 1 aromatic heterocycles. The van der Waals surface area contributed by atoms with Crippen molar-refractivity contribution < 1.29 is 0 Å². The van der Waals surface area contributed by atoms with E-state index in [1.165, 1.54) is 32.1 Å². The maximum atomic E-state index is 5.70. The zero-order chi connectivity index (χ0) is 11.4. The molecule has 1 aliphatic rings. The van der Waals surface area contributed by atoms with Gasteiger partial charge in [-0.2, -0.15) is 0 Å². The van der Waals surface area contributed by atoms with Crippen LogP contribution in [0, 0.1) is 5.92 Å². The minimum atomic E-state index is 0.444. The summed E-state index contributed by atoms with van der Waals surface area (Å²) >= 11 is 5.70. The van der Waals surface area contributed by atoms with Crippen molar-refractivity contribution in [2.75, 3.05) is 5.32 Å². The average Bonchev–Trinajstić information content (AvgIpc) is 2.47. The zero-order valence-corrected chi connectivity index (χ0v) is 10.4. The van der Waals surface area contributed by atoms with Gasteiger partial charge >= 0.3 is 0 Å². The van der Waals surface area contributed by atoms with Gasteiger partial charge in [0.25, 0.3) is 0 Å². The summed E-state index contributed by atoms with van der Waals surface area (Å²) in [6, 6.07) is 4.21. The fourth-order valence-corrected chi connectivity index (χ4v) is 2.33. The standard InChI is InChI=1S/C12H18ClN3/c1-9-3-2-4-10(6-5-9)14-12-8-7-11(13)15-16-12/h7-10H,2-6H2,1H3,(H,14,16). The zero-order valence-electron chi connectivity index (χ0n) is 9.62. The van der Waals surface area contributed by atoms with Crippen molar-refractivity contribution in [2.45, 2.75) is 45.1 Å². The molecular weight excluding hydrogens is 222 g/mol. The number of hydrogen-bond donors (Lipinski definition) is 1. The minimum absolute atomic E-state index is 0.444. The van der Waals surface area contributed by atoms with Crippen molar-refractivity contribution in [3.05, 3.63) is 17.3 Å². The molecule has 88 valence electrons. The Morgan fingerprint density at radius 2 is 2.06 bits per heavy atom. The number of aromatic nitrogens is 2. The summed E-state index contributed by atoms with van der Waals surface area (Å²) in [6.07, 6.45) is 6.42. The molecule has 0 aliphatic heterocycles. The van der Waals surface area contributed by atoms with Crippen LogP contribution in [-0.2, 0) is 0 Å². The molecule has 0 aromatic carbocycles. The van der Waals surface area contributed by atoms with Crippen molar-refractivity contribution in [3.8, 4) is 0 Å². The van der Waals surface area contributed by atoms with Gasteiger partial charge in [0, 0.05) is 6.04 Å². The number of nitrogens with one attached hydrogen (secondary N) is 1. The summed E-state index contributed by atoms with van der Waals surface area (Å²) in [5.74, 6) is 1.70. The molecule has 1 N–H and O–H groups in total. The summed E-state index contributed by atoms with van der Waals surface area (Å²) in [5.41, 5.74) is 0. The lowest BCUT2D eigenvalue weighted by molar-refractivity contribution is 0.501. The maximum absolute atomic E-state index is 5.70. The summed E-state index contributed by atoms with van der Waals surface area (Å²) in [7, 11) is 0. The maximum Gasteiger partial charge on any atom is 0.151 e. The Hall–Kier alpha value is -0.830. The molecule has 1 aliphatic carbocycles. The first-order valence-corrected chi connectivity index (χ1v) is 6.37. The third-order valence-corrected chi connectivity index (χ3v) is 3.44. The number of halogens is 1. The van der Waals surface area contributed by atoms with Crippen LogP contribution < -0.4 is 5.32 Å². The lowest BCUT2D eigenvalue weighted by atomic mass is 10.0. The molecule has 2 unspecified atom stereocenters. The first-order chi connectivity index (χ1) is 7.74. The molecule has 1 fully saturated rings. The number of hydrogen-bond acceptors (Lipinski definition) is 3. The van der Waals surface area contributed by atoms with Crippen LogP contribution in [0.2, 0.25) is 5.15 Å². The quantitative estimate of drug-likeness (QED) is 0.803. The normalized spacial score (nSPS) is 26.1. The van der Waals surface area contributed by atoms with E-state index < -0.39 is 0 Å². The predicted molar refractivity (Wildman–Crippen MR) is 66.7 cm³/mol. The second kappa shape index (κ2) is 5.48. The van der Waals surface area contributed by atoms with Crippen LogP contribution in [0.4, 0.5) is 5.82 Å². The molecular formula is C12H18ClN3. The summed E-state index contributed by atoms with van der Waals surface area (Å²) in [6.45, 7) is 2.34. The molecule has 1 heterocycles. The van der Waals surface area contributed by atoms with Crippen LogP contribution in [0.1, 0.15) is 39.0 Å². The summed E-state index contributed by atoms with van der Waals surface area (Å²) < 4.78 is 0. The number of nitrogens with zero attached hydrogens (tertiary/aromatic N) is 2. The van der Waals surface area contributed by atoms with E-state index in [2.05, 4.69) is 22.4 Å². The van der Waals surface area contributed by atoms with E-state index >= 15 is 0 Å². The van der Waals surface area contributed by atoms with Gasteiger partial charge in [-0.15, -0.1) is 10.2 Å². The molecule has 2 rings (SSSR count). The first kappa shape index (κ1) is 11.6. The SMILES string of the molecule is CC1CCCC(Nc2ccc(Cl)nn2)CC1. The van der Waals surface area contributed by atoms with Gasteiger partial charge in [-0.3, -0.25) is 0 Å². The topological polar surface area (TPSA) is 37.8 Å². The van der Waals surface area contributed by atoms with E-state index in [0.717, 1.165) is 11.7 Å². The second-order valence-electron chi connectivity index (χ2n) is 4.70. The van der Waals surface area contributed by atoms with Gasteiger partial charge in [0.05, 0.1) is 0 Å². The lowest BCUT2D eigenvalue weighted by Crippen LogP contribution is -2.19. The van der Waals surface area contributed by atoms with Crippen molar-refractivity contribution >= 4 is 17.4 Å². The number of rotatable bonds is 2. The largest absolute Gasteiger partial charge is 0.366 e. The molecule has 2 atom stereocenters. The molecule has 1 saturated carbocycles. The van der Waals surface area contributed by atoms with Gasteiger partial charge in [-0.05, 0) is 37.3 Å². The summed E-state index contributed by atoms with van der Waals surface area (Å²) in [5, 5.41) is 11.7. The van der Waals surface area contributed by atoms with E-state index in [9.17, 15) is 0 Å². The van der Waals surface area contributed by atoms with Gasteiger partial charge in [0.1, 0.15) is 5.82 Å². The van der Waals surface area contributed by atoms with Gasteiger partial charge in [0.2, 0.25) is 0 Å². The van der Waals surface area contributed by atoms with Crippen LogP contribution in [0.25, 0.3) is 0 Å². The van der Waals surface area contributed by atoms with Crippen molar-refractivity contribution in [2.24, 2.45) is 5.92 Å². The Morgan fingerprint density at radius 3 is 2.81 bits per heavy atom. The molecule has 1 aromatic rings. The van der Waals surface area contributed by atoms with Crippen molar-refractivity contribution in [1.29, 1.82) is 0 Å². The lowest BCUT2D eigenvalue weighted by Gasteiger charge is -2.16. The van der Waals surface area contributed by atoms with E-state index in [0.29, 0.717) is 11.2 Å². The van der Waals surface area contributed by atoms with E-state index in [-0.39, 0.29) is 0 Å². The van der Waals surface area contributed by atoms with Gasteiger partial charge in [-0.1, -0.05) is 31.4 Å². The first-order valence-electron chi connectivity index (χ1n) is 6.00. The van der Waals surface area contributed by atoms with E-state index in [1.807, 2.05) is 6.07 Å². The highest BCUT2D eigenvalue weighted by Gasteiger charge is 2.16. The smallest absolute Gasteiger partial charge is 0.151 e. The van der Waals surface area contributed by atoms with Gasteiger partial charge < -0.3 is 5.32 Å². The molecule has 0 radical (unpaired) electrons. The molecule has 3 nitrogen and oxygen atoms in total. The van der Waals surface area contributed by atoms with Crippen molar-refractivity contribution in [1.82, 2.24) is 10.2 Å². The van der Waals surface area contributed by atoms with E-state index in [4.69, 9.17) is 11.6 Å². The fraction of sp³-hybridized carbons (Fsp3) is 0.667. The molecule has 4 heteroatoms. The molecule has 16 heavy (non-hydrogen) atoms. The summed E-state index contributed by atoms with van der Waals surface area (Å²) in [4.78, 5) is 0. The van der Waals surface area contributed by atoms with Gasteiger partial charge in [-0.25, -0.2) is 0 Å². The molecule has 0 amide bonds. The third kappa shape index (κ3) is 3.34. The second-order valence-corrected chi connectivity index (χ2v) is 5.08. The Balaban J connectivity index is 1.91. The highest BCUT2D eigenvalue weighted by molar-refractivity contribution is 6.29. The predicted octanol–water partition coefficient (Wildman–Crippen LogP) is 3.51. The van der Waals surface area contributed by atoms with Gasteiger partial charge in [0.15, 0.2) is 5.15 Å². The van der Waals surface area contributed by atoms with Crippen molar-refractivity contribution in [3.63, 3.8) is 0 Å². The number of anilines is 1. The third-order valence-electron chi connectivity index (χ3n) is 3.24. The Morgan fingerprint density at radius 1 is 1.19 bits per heavy atom. The minimum Gasteiger partial charge on any atom is -0.366 e. The fourth-order valence-electron chi connectivity index (χ4n) is 2.23. The highest BCUT2D eigenvalue weighted by atomic mass is 35.5. The Kier molecular flexibility index (Phi) is 3.99. The van der Waals surface area contributed by atoms with Crippen LogP contribution in [0.15, 0.2) is 12.1 Å². The Labute approximate surface area is 102 Å². The Bertz CT molecular complexity index is 326. The highest BCUT2D eigenvalue weighted by Crippen LogP contribution is 2.24. The van der Waals surface area contributed by atoms with Crippen LogP contribution >= 0.6 is 11.6 Å². The van der Waals surface area contributed by atoms with Crippen LogP contribution in [0.5, 0.6) is 0 Å². The van der Waals surface area contributed by atoms with Crippen LogP contribution in [-0.4, -0.2) is 16.2 Å². The molecule has 0 spiro atoms. The molecule has 0 bridgehead atoms. The average molecular weight is 240 g/mol. The molecule has 0 saturated heterocycles. The van der Waals surface area contributed by atoms with E-state index in [1.54, 1.807) is 6.07 Å². The monoisotopic (exact) mass is 239 g/mol. The van der Waals surface area contributed by atoms with Crippen LogP contribution in [0.3, 0.4) is 0 Å².